The van der Waals surface area contributed by atoms with E-state index in [0.717, 1.165) is 5.75 Å². The fraction of sp³-hybridized carbons (Fsp3) is 0.250. The van der Waals surface area contributed by atoms with Gasteiger partial charge in [0.05, 0.1) is 31.1 Å². The summed E-state index contributed by atoms with van der Waals surface area (Å²) in [6.07, 6.45) is 0. The molecule has 0 atom stereocenters. The first-order chi connectivity index (χ1) is 13.5. The zero-order valence-corrected chi connectivity index (χ0v) is 16.4. The summed E-state index contributed by atoms with van der Waals surface area (Å²) in [6.45, 7) is 3.06. The molecule has 7 nitrogen and oxygen atoms in total. The van der Waals surface area contributed by atoms with Gasteiger partial charge in [-0.2, -0.15) is 0 Å². The number of carbonyl (C=O) groups excluding carboxylic acids is 1. The first kappa shape index (κ1) is 19.9. The standard InChI is InChI=1S/C20H21ClN4O3/c1-3-25(12-19(26)22-14-5-7-15(28-2)8-6-14)11-18-23-17-10-13(21)4-9-16(17)20(27)24-18/h4-10H,3,11-12H2,1-2H3,(H,22,26)(H,23,24,27). The maximum Gasteiger partial charge on any atom is 0.258 e. The lowest BCUT2D eigenvalue weighted by Gasteiger charge is -2.19. The molecule has 0 aliphatic rings. The summed E-state index contributed by atoms with van der Waals surface area (Å²) in [6, 6.07) is 12.1. The van der Waals surface area contributed by atoms with E-state index in [9.17, 15) is 9.59 Å². The molecular weight excluding hydrogens is 380 g/mol. The van der Waals surface area contributed by atoms with Crippen LogP contribution in [0.3, 0.4) is 0 Å². The molecule has 0 bridgehead atoms. The highest BCUT2D eigenvalue weighted by Crippen LogP contribution is 2.16. The van der Waals surface area contributed by atoms with Gasteiger partial charge in [-0.3, -0.25) is 14.5 Å². The van der Waals surface area contributed by atoms with Gasteiger partial charge in [0, 0.05) is 10.7 Å². The van der Waals surface area contributed by atoms with Gasteiger partial charge in [0.2, 0.25) is 5.91 Å². The summed E-state index contributed by atoms with van der Waals surface area (Å²) in [4.78, 5) is 33.7. The molecule has 146 valence electrons. The fourth-order valence-electron chi connectivity index (χ4n) is 2.81. The smallest absolute Gasteiger partial charge is 0.258 e. The van der Waals surface area contributed by atoms with Crippen molar-refractivity contribution in [1.29, 1.82) is 0 Å². The van der Waals surface area contributed by atoms with Crippen LogP contribution in [0, 0.1) is 0 Å². The summed E-state index contributed by atoms with van der Waals surface area (Å²) in [5.74, 6) is 1.05. The lowest BCUT2D eigenvalue weighted by Crippen LogP contribution is -2.33. The molecule has 0 radical (unpaired) electrons. The number of carbonyl (C=O) groups is 1. The topological polar surface area (TPSA) is 87.3 Å². The maximum atomic E-state index is 12.4. The molecule has 0 aliphatic carbocycles. The van der Waals surface area contributed by atoms with Crippen molar-refractivity contribution in [1.82, 2.24) is 14.9 Å². The largest absolute Gasteiger partial charge is 0.497 e. The molecule has 0 spiro atoms. The van der Waals surface area contributed by atoms with Crippen molar-refractivity contribution < 1.29 is 9.53 Å². The Bertz CT molecular complexity index is 1030. The second kappa shape index (κ2) is 8.86. The Labute approximate surface area is 167 Å². The predicted molar refractivity (Wildman–Crippen MR) is 110 cm³/mol. The van der Waals surface area contributed by atoms with E-state index in [1.807, 2.05) is 11.8 Å². The van der Waals surface area contributed by atoms with E-state index in [1.165, 1.54) is 0 Å². The van der Waals surface area contributed by atoms with Crippen molar-refractivity contribution in [3.8, 4) is 5.75 Å². The second-order valence-electron chi connectivity index (χ2n) is 6.25. The van der Waals surface area contributed by atoms with E-state index in [1.54, 1.807) is 49.6 Å². The molecule has 3 aromatic rings. The SMILES string of the molecule is CCN(CC(=O)Nc1ccc(OC)cc1)Cc1nc2cc(Cl)ccc2c(=O)[nH]1. The van der Waals surface area contributed by atoms with Crippen LogP contribution in [0.1, 0.15) is 12.7 Å². The summed E-state index contributed by atoms with van der Waals surface area (Å²) >= 11 is 6.00. The average molecular weight is 401 g/mol. The third kappa shape index (κ3) is 4.88. The van der Waals surface area contributed by atoms with E-state index in [-0.39, 0.29) is 18.0 Å². The molecule has 0 fully saturated rings. The maximum absolute atomic E-state index is 12.4. The number of ether oxygens (including phenoxy) is 1. The Balaban J connectivity index is 1.68. The number of hydrogen-bond acceptors (Lipinski definition) is 5. The van der Waals surface area contributed by atoms with Crippen LogP contribution < -0.4 is 15.6 Å². The van der Waals surface area contributed by atoms with Crippen molar-refractivity contribution in [3.63, 3.8) is 0 Å². The number of methoxy groups -OCH3 is 1. The molecule has 3 rings (SSSR count). The molecule has 8 heteroatoms. The van der Waals surface area contributed by atoms with Crippen molar-refractivity contribution in [2.45, 2.75) is 13.5 Å². The molecule has 1 amide bonds. The van der Waals surface area contributed by atoms with Crippen molar-refractivity contribution >= 4 is 34.1 Å². The Morgan fingerprint density at radius 2 is 2.00 bits per heavy atom. The Morgan fingerprint density at radius 3 is 2.68 bits per heavy atom. The van der Waals surface area contributed by atoms with Crippen molar-refractivity contribution in [3.05, 3.63) is 63.7 Å². The lowest BCUT2D eigenvalue weighted by molar-refractivity contribution is -0.117. The number of benzene rings is 2. The number of hydrogen-bond donors (Lipinski definition) is 2. The van der Waals surface area contributed by atoms with E-state index >= 15 is 0 Å². The molecule has 1 heterocycles. The summed E-state index contributed by atoms with van der Waals surface area (Å²) < 4.78 is 5.10. The van der Waals surface area contributed by atoms with E-state index in [0.29, 0.717) is 40.5 Å². The van der Waals surface area contributed by atoms with Crippen molar-refractivity contribution in [2.75, 3.05) is 25.5 Å². The van der Waals surface area contributed by atoms with Crippen LogP contribution in [-0.4, -0.2) is 41.0 Å². The fourth-order valence-corrected chi connectivity index (χ4v) is 2.97. The third-order valence-corrected chi connectivity index (χ3v) is 4.51. The zero-order valence-electron chi connectivity index (χ0n) is 15.7. The van der Waals surface area contributed by atoms with Crippen LogP contribution >= 0.6 is 11.6 Å². The van der Waals surface area contributed by atoms with Crippen LogP contribution in [0.5, 0.6) is 5.75 Å². The number of amides is 1. The molecule has 2 N–H and O–H groups in total. The number of aromatic amines is 1. The second-order valence-corrected chi connectivity index (χ2v) is 6.69. The average Bonchev–Trinajstić information content (AvgIpc) is 2.67. The summed E-state index contributed by atoms with van der Waals surface area (Å²) in [5.41, 5.74) is 0.995. The number of nitrogens with one attached hydrogen (secondary N) is 2. The molecule has 0 aliphatic heterocycles. The van der Waals surface area contributed by atoms with Gasteiger partial charge in [-0.05, 0) is 49.0 Å². The number of H-pyrrole nitrogens is 1. The number of likely N-dealkylation sites (N-methyl/N-ethyl adjacent to an activating group) is 1. The van der Waals surface area contributed by atoms with Gasteiger partial charge < -0.3 is 15.0 Å². The summed E-state index contributed by atoms with van der Waals surface area (Å²) in [5, 5.41) is 3.84. The van der Waals surface area contributed by atoms with Gasteiger partial charge in [0.15, 0.2) is 0 Å². The number of nitrogens with zero attached hydrogens (tertiary/aromatic N) is 2. The summed E-state index contributed by atoms with van der Waals surface area (Å²) in [7, 11) is 1.59. The molecular formula is C20H21ClN4O3. The van der Waals surface area contributed by atoms with Crippen LogP contribution in [0.4, 0.5) is 5.69 Å². The quantitative estimate of drug-likeness (QED) is 0.636. The van der Waals surface area contributed by atoms with Gasteiger partial charge in [0.25, 0.3) is 5.56 Å². The number of fused-ring (bicyclic) bond motifs is 1. The minimum Gasteiger partial charge on any atom is -0.497 e. The molecule has 28 heavy (non-hydrogen) atoms. The highest BCUT2D eigenvalue weighted by atomic mass is 35.5. The number of rotatable bonds is 7. The van der Waals surface area contributed by atoms with Gasteiger partial charge in [-0.25, -0.2) is 4.98 Å². The van der Waals surface area contributed by atoms with Crippen LogP contribution in [-0.2, 0) is 11.3 Å². The Morgan fingerprint density at radius 1 is 1.25 bits per heavy atom. The van der Waals surface area contributed by atoms with E-state index in [2.05, 4.69) is 15.3 Å². The Kier molecular flexibility index (Phi) is 6.28. The van der Waals surface area contributed by atoms with Gasteiger partial charge in [0.1, 0.15) is 11.6 Å². The van der Waals surface area contributed by atoms with Crippen molar-refractivity contribution in [2.24, 2.45) is 0 Å². The molecule has 1 aromatic heterocycles. The van der Waals surface area contributed by atoms with Gasteiger partial charge >= 0.3 is 0 Å². The van der Waals surface area contributed by atoms with Gasteiger partial charge in [-0.15, -0.1) is 0 Å². The van der Waals surface area contributed by atoms with Crippen LogP contribution in [0.2, 0.25) is 5.02 Å². The molecule has 2 aromatic carbocycles. The first-order valence-electron chi connectivity index (χ1n) is 8.83. The number of halogens is 1. The minimum absolute atomic E-state index is 0.154. The normalized spacial score (nSPS) is 11.0. The number of aromatic nitrogens is 2. The number of anilines is 1. The van der Waals surface area contributed by atoms with Crippen LogP contribution in [0.15, 0.2) is 47.3 Å². The molecule has 0 unspecified atom stereocenters. The van der Waals surface area contributed by atoms with Gasteiger partial charge in [-0.1, -0.05) is 18.5 Å². The molecule has 0 saturated heterocycles. The predicted octanol–water partition coefficient (Wildman–Crippen LogP) is 3.05. The third-order valence-electron chi connectivity index (χ3n) is 4.28. The Hall–Kier alpha value is -2.90. The first-order valence-corrected chi connectivity index (χ1v) is 9.21. The monoisotopic (exact) mass is 400 g/mol. The minimum atomic E-state index is -0.226. The lowest BCUT2D eigenvalue weighted by atomic mass is 10.2. The van der Waals surface area contributed by atoms with E-state index in [4.69, 9.17) is 16.3 Å². The highest BCUT2D eigenvalue weighted by molar-refractivity contribution is 6.31. The van der Waals surface area contributed by atoms with Crippen LogP contribution in [0.25, 0.3) is 10.9 Å². The zero-order chi connectivity index (χ0) is 20.1. The van der Waals surface area contributed by atoms with E-state index < -0.39 is 0 Å². The highest BCUT2D eigenvalue weighted by Gasteiger charge is 2.13. The molecule has 0 saturated carbocycles.